The summed E-state index contributed by atoms with van der Waals surface area (Å²) < 4.78 is 40.7. The Bertz CT molecular complexity index is 1170. The minimum absolute atomic E-state index is 0.0128. The van der Waals surface area contributed by atoms with E-state index in [2.05, 4.69) is 20.7 Å². The van der Waals surface area contributed by atoms with E-state index in [-0.39, 0.29) is 28.4 Å². The van der Waals surface area contributed by atoms with Crippen molar-refractivity contribution in [3.63, 3.8) is 0 Å². The summed E-state index contributed by atoms with van der Waals surface area (Å²) in [6.07, 6.45) is -3.47. The Morgan fingerprint density at radius 2 is 1.84 bits per heavy atom. The number of nitrogens with one attached hydrogen (secondary N) is 2. The van der Waals surface area contributed by atoms with E-state index in [1.807, 2.05) is 0 Å². The summed E-state index contributed by atoms with van der Waals surface area (Å²) in [4.78, 5) is 29.1. The molecule has 0 atom stereocenters. The molecule has 0 aliphatic rings. The highest BCUT2D eigenvalue weighted by atomic mass is 35.5. The average Bonchev–Trinajstić information content (AvgIpc) is 3.16. The molecular weight excluding hydrogens is 447 g/mol. The van der Waals surface area contributed by atoms with Crippen LogP contribution in [0.3, 0.4) is 0 Å². The average molecular weight is 466 g/mol. The van der Waals surface area contributed by atoms with Crippen molar-refractivity contribution in [2.24, 2.45) is 5.92 Å². The van der Waals surface area contributed by atoms with Gasteiger partial charge in [0.05, 0.1) is 16.4 Å². The largest absolute Gasteiger partial charge is 0.435 e. The van der Waals surface area contributed by atoms with E-state index >= 15 is 0 Å². The lowest BCUT2D eigenvalue weighted by Gasteiger charge is -2.16. The third kappa shape index (κ3) is 4.91. The highest BCUT2D eigenvalue weighted by Crippen LogP contribution is 2.32. The predicted octanol–water partition coefficient (Wildman–Crippen LogP) is 5.09. The Kier molecular flexibility index (Phi) is 6.54. The molecule has 0 saturated heterocycles. The lowest BCUT2D eigenvalue weighted by Crippen LogP contribution is -2.22. The summed E-state index contributed by atoms with van der Waals surface area (Å²) >= 11 is 6.07. The number of pyridine rings is 1. The number of halogens is 4. The maximum absolute atomic E-state index is 13.3. The number of aromatic nitrogens is 3. The molecule has 168 valence electrons. The number of nitrogens with zero attached hydrogens (tertiary/aromatic N) is 3. The second kappa shape index (κ2) is 8.99. The van der Waals surface area contributed by atoms with Crippen molar-refractivity contribution in [2.45, 2.75) is 26.9 Å². The molecule has 0 unspecified atom stereocenters. The minimum atomic E-state index is -4.79. The third-order valence-electron chi connectivity index (χ3n) is 4.47. The standard InChI is InChI=1S/C21H19ClF3N5O2/c1-11(2)19(31)28-17-12(3)6-4-8-14(17)27-20(32)15-10-16(21(23,24)25)29-30(15)18-13(22)7-5-9-26-18/h4-11H,1-3H3,(H,27,32)(H,28,31). The van der Waals surface area contributed by atoms with Gasteiger partial charge in [-0.25, -0.2) is 9.67 Å². The Morgan fingerprint density at radius 1 is 1.12 bits per heavy atom. The van der Waals surface area contributed by atoms with E-state index in [1.165, 1.54) is 24.4 Å². The van der Waals surface area contributed by atoms with E-state index in [4.69, 9.17) is 11.6 Å². The molecule has 0 radical (unpaired) electrons. The van der Waals surface area contributed by atoms with Crippen LogP contribution in [0.15, 0.2) is 42.6 Å². The number of alkyl halides is 3. The number of carbonyl (C=O) groups excluding carboxylic acids is 2. The molecular formula is C21H19ClF3N5O2. The van der Waals surface area contributed by atoms with Gasteiger partial charge in [-0.15, -0.1) is 0 Å². The molecule has 0 spiro atoms. The van der Waals surface area contributed by atoms with Gasteiger partial charge in [0.15, 0.2) is 11.5 Å². The van der Waals surface area contributed by atoms with Gasteiger partial charge in [0, 0.05) is 18.2 Å². The zero-order valence-electron chi connectivity index (χ0n) is 17.3. The van der Waals surface area contributed by atoms with Gasteiger partial charge in [-0.05, 0) is 30.7 Å². The van der Waals surface area contributed by atoms with Crippen LogP contribution in [0.1, 0.15) is 35.6 Å². The molecule has 2 N–H and O–H groups in total. The van der Waals surface area contributed by atoms with E-state index in [9.17, 15) is 22.8 Å². The number of aryl methyl sites for hydroxylation is 1. The number of hydrogen-bond donors (Lipinski definition) is 2. The fourth-order valence-corrected chi connectivity index (χ4v) is 2.97. The first kappa shape index (κ1) is 23.3. The molecule has 7 nitrogen and oxygen atoms in total. The zero-order chi connectivity index (χ0) is 23.6. The normalized spacial score (nSPS) is 11.5. The fraction of sp³-hybridized carbons (Fsp3) is 0.238. The van der Waals surface area contributed by atoms with Crippen LogP contribution in [0.4, 0.5) is 24.5 Å². The molecule has 3 aromatic rings. The van der Waals surface area contributed by atoms with Gasteiger partial charge >= 0.3 is 6.18 Å². The van der Waals surface area contributed by atoms with Crippen molar-refractivity contribution in [2.75, 3.05) is 10.6 Å². The first-order valence-corrected chi connectivity index (χ1v) is 9.86. The van der Waals surface area contributed by atoms with Crippen LogP contribution in [-0.2, 0) is 11.0 Å². The number of benzene rings is 1. The lowest BCUT2D eigenvalue weighted by molar-refractivity contribution is -0.141. The SMILES string of the molecule is Cc1cccc(NC(=O)c2cc(C(F)(F)F)nn2-c2ncccc2Cl)c1NC(=O)C(C)C. The molecule has 2 amide bonds. The van der Waals surface area contributed by atoms with E-state index in [0.717, 1.165) is 4.68 Å². The maximum Gasteiger partial charge on any atom is 0.435 e. The Balaban J connectivity index is 2.04. The van der Waals surface area contributed by atoms with Crippen molar-refractivity contribution in [3.8, 4) is 5.82 Å². The quantitative estimate of drug-likeness (QED) is 0.549. The number of carbonyl (C=O) groups is 2. The highest BCUT2D eigenvalue weighted by molar-refractivity contribution is 6.32. The van der Waals surface area contributed by atoms with Crippen molar-refractivity contribution < 1.29 is 22.8 Å². The van der Waals surface area contributed by atoms with E-state index in [1.54, 1.807) is 32.9 Å². The molecule has 0 aliphatic heterocycles. The predicted molar refractivity (Wildman–Crippen MR) is 114 cm³/mol. The summed E-state index contributed by atoms with van der Waals surface area (Å²) in [5.41, 5.74) is -0.480. The first-order chi connectivity index (χ1) is 15.0. The van der Waals surface area contributed by atoms with Gasteiger partial charge in [-0.3, -0.25) is 9.59 Å². The van der Waals surface area contributed by atoms with Crippen LogP contribution in [0.25, 0.3) is 5.82 Å². The summed E-state index contributed by atoms with van der Waals surface area (Å²) in [6.45, 7) is 5.14. The van der Waals surface area contributed by atoms with Crippen molar-refractivity contribution in [1.29, 1.82) is 0 Å². The molecule has 0 aliphatic carbocycles. The van der Waals surface area contributed by atoms with Crippen LogP contribution >= 0.6 is 11.6 Å². The number of rotatable bonds is 5. The minimum Gasteiger partial charge on any atom is -0.324 e. The fourth-order valence-electron chi connectivity index (χ4n) is 2.77. The van der Waals surface area contributed by atoms with Gasteiger partial charge in [-0.2, -0.15) is 18.3 Å². The Morgan fingerprint density at radius 3 is 2.47 bits per heavy atom. The highest BCUT2D eigenvalue weighted by Gasteiger charge is 2.36. The molecule has 1 aromatic carbocycles. The maximum atomic E-state index is 13.3. The number of hydrogen-bond acceptors (Lipinski definition) is 4. The second-order valence-corrected chi connectivity index (χ2v) is 7.64. The summed E-state index contributed by atoms with van der Waals surface area (Å²) in [6, 6.07) is 8.43. The topological polar surface area (TPSA) is 88.9 Å². The van der Waals surface area contributed by atoms with Crippen LogP contribution in [0.2, 0.25) is 5.02 Å². The Hall–Kier alpha value is -3.40. The third-order valence-corrected chi connectivity index (χ3v) is 4.76. The summed E-state index contributed by atoms with van der Waals surface area (Å²) in [7, 11) is 0. The van der Waals surface area contributed by atoms with Crippen molar-refractivity contribution >= 4 is 34.8 Å². The molecule has 3 rings (SSSR count). The smallest absolute Gasteiger partial charge is 0.324 e. The van der Waals surface area contributed by atoms with Crippen molar-refractivity contribution in [1.82, 2.24) is 14.8 Å². The molecule has 0 bridgehead atoms. The lowest BCUT2D eigenvalue weighted by atomic mass is 10.1. The monoisotopic (exact) mass is 465 g/mol. The molecule has 32 heavy (non-hydrogen) atoms. The van der Waals surface area contributed by atoms with Crippen molar-refractivity contribution in [3.05, 3.63) is 64.6 Å². The summed E-state index contributed by atoms with van der Waals surface area (Å²) in [5, 5.41) is 8.80. The van der Waals surface area contributed by atoms with Gasteiger partial charge in [0.1, 0.15) is 5.69 Å². The van der Waals surface area contributed by atoms with Gasteiger partial charge < -0.3 is 10.6 Å². The van der Waals surface area contributed by atoms with Gasteiger partial charge in [0.25, 0.3) is 5.91 Å². The molecule has 2 aromatic heterocycles. The van der Waals surface area contributed by atoms with Gasteiger partial charge in [-0.1, -0.05) is 37.6 Å². The molecule has 0 saturated carbocycles. The van der Waals surface area contributed by atoms with Crippen LogP contribution in [0, 0.1) is 12.8 Å². The molecule has 11 heteroatoms. The zero-order valence-corrected chi connectivity index (χ0v) is 18.0. The first-order valence-electron chi connectivity index (χ1n) is 9.49. The molecule has 0 fully saturated rings. The number of amides is 2. The van der Waals surface area contributed by atoms with E-state index < -0.39 is 23.5 Å². The van der Waals surface area contributed by atoms with Crippen LogP contribution < -0.4 is 10.6 Å². The van der Waals surface area contributed by atoms with Gasteiger partial charge in [0.2, 0.25) is 5.91 Å². The Labute approximate surface area is 186 Å². The number of anilines is 2. The van der Waals surface area contributed by atoms with Crippen LogP contribution in [-0.4, -0.2) is 26.6 Å². The number of para-hydroxylation sites is 1. The van der Waals surface area contributed by atoms with Crippen LogP contribution in [0.5, 0.6) is 0 Å². The molecule has 2 heterocycles. The van der Waals surface area contributed by atoms with E-state index in [0.29, 0.717) is 17.3 Å². The second-order valence-electron chi connectivity index (χ2n) is 7.23. The summed E-state index contributed by atoms with van der Waals surface area (Å²) in [5.74, 6) is -1.62.